The van der Waals surface area contributed by atoms with Gasteiger partial charge in [0.2, 0.25) is 0 Å². The molecule has 1 atom stereocenters. The van der Waals surface area contributed by atoms with Crippen LogP contribution in [0.15, 0.2) is 72.8 Å². The molecule has 1 aliphatic rings. The van der Waals surface area contributed by atoms with Crippen molar-refractivity contribution in [2.75, 3.05) is 5.12 Å². The second kappa shape index (κ2) is 5.45. The Morgan fingerprint density at radius 2 is 1.44 bits per heavy atom. The highest BCUT2D eigenvalue weighted by molar-refractivity contribution is 6.11. The monoisotopic (exact) mass is 333 g/mol. The molecular formula is C21H16FNO2. The molecule has 0 saturated carbocycles. The van der Waals surface area contributed by atoms with Crippen molar-refractivity contribution in [2.45, 2.75) is 12.3 Å². The number of nitrogens with zero attached hydrogens (tertiary/aromatic N) is 1. The number of carbonyl (C=O) groups is 1. The zero-order valence-electron chi connectivity index (χ0n) is 13.6. The molecule has 1 heterocycles. The molecule has 3 aromatic rings. The van der Waals surface area contributed by atoms with Gasteiger partial charge in [0.15, 0.2) is 0 Å². The van der Waals surface area contributed by atoms with Crippen molar-refractivity contribution in [3.63, 3.8) is 0 Å². The Balaban J connectivity index is 2.08. The van der Waals surface area contributed by atoms with Gasteiger partial charge in [-0.15, -0.1) is 5.12 Å². The summed E-state index contributed by atoms with van der Waals surface area (Å²) in [7, 11) is 0. The molecule has 0 aliphatic carbocycles. The van der Waals surface area contributed by atoms with E-state index in [-0.39, 0.29) is 16.6 Å². The number of hydrogen-bond donors (Lipinski definition) is 1. The second-order valence-corrected chi connectivity index (χ2v) is 6.27. The van der Waals surface area contributed by atoms with E-state index in [9.17, 15) is 14.4 Å². The third-order valence-corrected chi connectivity index (χ3v) is 4.80. The number of phenols is 1. The van der Waals surface area contributed by atoms with Gasteiger partial charge in [0, 0.05) is 5.56 Å². The molecule has 0 saturated heterocycles. The molecule has 3 aromatic carbocycles. The Hall–Kier alpha value is -3.14. The van der Waals surface area contributed by atoms with Gasteiger partial charge in [0.1, 0.15) is 11.2 Å². The highest BCUT2D eigenvalue weighted by Gasteiger charge is 2.54. The van der Waals surface area contributed by atoms with Crippen molar-refractivity contribution in [3.05, 3.63) is 95.1 Å². The van der Waals surface area contributed by atoms with Crippen molar-refractivity contribution in [2.24, 2.45) is 0 Å². The van der Waals surface area contributed by atoms with E-state index in [2.05, 4.69) is 0 Å². The molecule has 3 nitrogen and oxygen atoms in total. The van der Waals surface area contributed by atoms with E-state index in [4.69, 9.17) is 0 Å². The Kier molecular flexibility index (Phi) is 3.35. The van der Waals surface area contributed by atoms with Crippen LogP contribution in [0.3, 0.4) is 0 Å². The summed E-state index contributed by atoms with van der Waals surface area (Å²) in [6.07, 6.45) is 0. The predicted molar refractivity (Wildman–Crippen MR) is 94.2 cm³/mol. The van der Waals surface area contributed by atoms with Gasteiger partial charge in [-0.3, -0.25) is 4.79 Å². The normalized spacial score (nSPS) is 19.1. The molecule has 0 fully saturated rings. The lowest BCUT2D eigenvalue weighted by atomic mass is 9.70. The minimum Gasteiger partial charge on any atom is -0.508 e. The maximum Gasteiger partial charge on any atom is 0.274 e. The van der Waals surface area contributed by atoms with Gasteiger partial charge in [-0.05, 0) is 36.2 Å². The smallest absolute Gasteiger partial charge is 0.274 e. The Morgan fingerprint density at radius 3 is 2.08 bits per heavy atom. The first-order chi connectivity index (χ1) is 12.0. The number of fused-ring (bicyclic) bond motifs is 1. The van der Waals surface area contributed by atoms with Crippen molar-refractivity contribution in [1.82, 2.24) is 0 Å². The molecular weight excluding hydrogens is 317 g/mol. The summed E-state index contributed by atoms with van der Waals surface area (Å²) < 4.78 is 14.8. The largest absolute Gasteiger partial charge is 0.508 e. The molecule has 0 spiro atoms. The first-order valence-electron chi connectivity index (χ1n) is 8.01. The molecule has 0 aromatic heterocycles. The SMILES string of the molecule is Cc1ccc(C2(c3ccc(O)cc3)C(=O)N(F)c3ccccc32)cc1. The quantitative estimate of drug-likeness (QED) is 0.712. The summed E-state index contributed by atoms with van der Waals surface area (Å²) in [5, 5.41) is 9.86. The highest BCUT2D eigenvalue weighted by atomic mass is 19.2. The average molecular weight is 333 g/mol. The standard InChI is InChI=1S/C21H16FNO2/c1-14-6-8-15(9-7-14)21(16-10-12-17(24)13-11-16)18-4-2-3-5-19(18)23(22)20(21)25/h2-13,24H,1H3. The number of anilines is 1. The molecule has 1 unspecified atom stereocenters. The van der Waals surface area contributed by atoms with E-state index >= 15 is 0 Å². The topological polar surface area (TPSA) is 40.5 Å². The number of rotatable bonds is 2. The zero-order valence-corrected chi connectivity index (χ0v) is 13.6. The van der Waals surface area contributed by atoms with Crippen LogP contribution in [0.2, 0.25) is 0 Å². The van der Waals surface area contributed by atoms with Crippen LogP contribution in [0.4, 0.5) is 10.2 Å². The fraction of sp³-hybridized carbons (Fsp3) is 0.0952. The first kappa shape index (κ1) is 15.4. The summed E-state index contributed by atoms with van der Waals surface area (Å²) >= 11 is 0. The molecule has 0 radical (unpaired) electrons. The van der Waals surface area contributed by atoms with E-state index < -0.39 is 11.3 Å². The van der Waals surface area contributed by atoms with Gasteiger partial charge in [-0.1, -0.05) is 64.6 Å². The molecule has 124 valence electrons. The van der Waals surface area contributed by atoms with E-state index in [1.54, 1.807) is 36.4 Å². The number of aryl methyl sites for hydroxylation is 1. The first-order valence-corrected chi connectivity index (χ1v) is 8.01. The number of aromatic hydroxyl groups is 1. The Morgan fingerprint density at radius 1 is 0.880 bits per heavy atom. The number of phenolic OH excluding ortho intramolecular Hbond substituents is 1. The molecule has 1 N–H and O–H groups in total. The van der Waals surface area contributed by atoms with Crippen LogP contribution in [0.5, 0.6) is 5.75 Å². The number of para-hydroxylation sites is 1. The van der Waals surface area contributed by atoms with Gasteiger partial charge in [-0.25, -0.2) is 0 Å². The molecule has 1 amide bonds. The summed E-state index contributed by atoms with van der Waals surface area (Å²) in [4.78, 5) is 13.1. The van der Waals surface area contributed by atoms with Crippen LogP contribution in [0.1, 0.15) is 22.3 Å². The van der Waals surface area contributed by atoms with Crippen LogP contribution in [-0.2, 0) is 10.2 Å². The molecule has 25 heavy (non-hydrogen) atoms. The van der Waals surface area contributed by atoms with Gasteiger partial charge < -0.3 is 5.11 Å². The summed E-state index contributed by atoms with van der Waals surface area (Å²) in [6.45, 7) is 1.96. The van der Waals surface area contributed by atoms with Gasteiger partial charge in [0.05, 0.1) is 5.69 Å². The van der Waals surface area contributed by atoms with Gasteiger partial charge >= 0.3 is 0 Å². The summed E-state index contributed by atoms with van der Waals surface area (Å²) in [5.74, 6) is -0.554. The van der Waals surface area contributed by atoms with Crippen LogP contribution in [0.25, 0.3) is 0 Å². The van der Waals surface area contributed by atoms with E-state index in [1.165, 1.54) is 12.1 Å². The second-order valence-electron chi connectivity index (χ2n) is 6.27. The van der Waals surface area contributed by atoms with Crippen molar-refractivity contribution in [3.8, 4) is 5.75 Å². The van der Waals surface area contributed by atoms with Crippen molar-refractivity contribution in [1.29, 1.82) is 0 Å². The average Bonchev–Trinajstić information content (AvgIpc) is 2.86. The lowest BCUT2D eigenvalue weighted by molar-refractivity contribution is -0.123. The minimum atomic E-state index is -1.27. The van der Waals surface area contributed by atoms with Crippen molar-refractivity contribution >= 4 is 11.6 Å². The van der Waals surface area contributed by atoms with Crippen LogP contribution in [-0.4, -0.2) is 11.0 Å². The van der Waals surface area contributed by atoms with E-state index in [0.29, 0.717) is 16.7 Å². The van der Waals surface area contributed by atoms with Crippen LogP contribution < -0.4 is 5.12 Å². The number of carbonyl (C=O) groups excluding carboxylic acids is 1. The van der Waals surface area contributed by atoms with E-state index in [0.717, 1.165) is 5.56 Å². The lowest BCUT2D eigenvalue weighted by Crippen LogP contribution is -2.39. The maximum absolute atomic E-state index is 14.8. The minimum absolute atomic E-state index is 0.0960. The maximum atomic E-state index is 14.8. The van der Waals surface area contributed by atoms with Crippen molar-refractivity contribution < 1.29 is 14.4 Å². The number of benzene rings is 3. The fourth-order valence-electron chi connectivity index (χ4n) is 3.57. The molecule has 4 rings (SSSR count). The Bertz CT molecular complexity index is 903. The third-order valence-electron chi connectivity index (χ3n) is 4.80. The molecule has 4 heteroatoms. The van der Waals surface area contributed by atoms with Gasteiger partial charge in [-0.2, -0.15) is 0 Å². The number of hydrogen-bond acceptors (Lipinski definition) is 2. The van der Waals surface area contributed by atoms with Crippen LogP contribution >= 0.6 is 0 Å². The highest BCUT2D eigenvalue weighted by Crippen LogP contribution is 2.50. The summed E-state index contributed by atoms with van der Waals surface area (Å²) in [5.41, 5.74) is 1.94. The fourth-order valence-corrected chi connectivity index (χ4v) is 3.57. The predicted octanol–water partition coefficient (Wildman–Crippen LogP) is 4.27. The Labute approximate surface area is 144 Å². The lowest BCUT2D eigenvalue weighted by Gasteiger charge is -2.29. The van der Waals surface area contributed by atoms with Crippen LogP contribution in [0, 0.1) is 6.92 Å². The number of amides is 1. The number of halogens is 1. The zero-order chi connectivity index (χ0) is 17.6. The third kappa shape index (κ3) is 2.07. The van der Waals surface area contributed by atoms with E-state index in [1.807, 2.05) is 31.2 Å². The summed E-state index contributed by atoms with van der Waals surface area (Å²) in [6, 6.07) is 20.8. The molecule has 0 bridgehead atoms. The van der Waals surface area contributed by atoms with Gasteiger partial charge in [0.25, 0.3) is 5.91 Å². The molecule has 1 aliphatic heterocycles.